The van der Waals surface area contributed by atoms with E-state index in [-0.39, 0.29) is 5.66 Å². The quantitative estimate of drug-likeness (QED) is 0.439. The van der Waals surface area contributed by atoms with E-state index in [2.05, 4.69) is 17.3 Å². The predicted octanol–water partition coefficient (Wildman–Crippen LogP) is 1.21. The van der Waals surface area contributed by atoms with Crippen LogP contribution in [0.5, 0.6) is 0 Å². The lowest BCUT2D eigenvalue weighted by Crippen LogP contribution is -2.43. The van der Waals surface area contributed by atoms with E-state index in [1.807, 2.05) is 6.92 Å². The third-order valence-corrected chi connectivity index (χ3v) is 6.90. The number of hydrogen-bond donors (Lipinski definition) is 2. The Morgan fingerprint density at radius 3 is 2.72 bits per heavy atom. The van der Waals surface area contributed by atoms with Gasteiger partial charge in [0.25, 0.3) is 0 Å². The number of nitrogens with one attached hydrogen (secondary N) is 1. The smallest absolute Gasteiger partial charge is 0.200 e. The number of alkyl halides is 1. The maximum absolute atomic E-state index is 14.1. The summed E-state index contributed by atoms with van der Waals surface area (Å²) in [7, 11) is 1.67. The molecule has 0 aromatic rings. The summed E-state index contributed by atoms with van der Waals surface area (Å²) >= 11 is 4.14. The Kier molecular flexibility index (Phi) is 6.19. The van der Waals surface area contributed by atoms with Crippen molar-refractivity contribution < 1.29 is 18.4 Å². The highest BCUT2D eigenvalue weighted by molar-refractivity contribution is 8.47. The molecule has 1 saturated heterocycles. The lowest BCUT2D eigenvalue weighted by molar-refractivity contribution is 0.00329. The molecule has 106 valence electrons. The molecule has 0 aromatic heterocycles. The molecule has 1 N–H and O–H groups in total. The first-order chi connectivity index (χ1) is 8.29. The lowest BCUT2D eigenvalue weighted by atomic mass is 9.93. The Morgan fingerprint density at radius 1 is 1.61 bits per heavy atom. The van der Waals surface area contributed by atoms with Crippen molar-refractivity contribution in [1.29, 1.82) is 0 Å². The molecule has 3 unspecified atom stereocenters. The number of hydrogen-bond acceptors (Lipinski definition) is 3. The van der Waals surface area contributed by atoms with Crippen molar-refractivity contribution in [3.63, 3.8) is 0 Å². The summed E-state index contributed by atoms with van der Waals surface area (Å²) in [6, 6.07) is -1.15. The fraction of sp³-hybridized carbons (Fsp3) is 1.00. The summed E-state index contributed by atoms with van der Waals surface area (Å²) in [5, 5.41) is 2.83. The molecule has 1 aliphatic heterocycles. The highest BCUT2D eigenvalue weighted by Crippen LogP contribution is 2.52. The van der Waals surface area contributed by atoms with E-state index in [4.69, 9.17) is 9.47 Å². The van der Waals surface area contributed by atoms with Crippen LogP contribution in [-0.4, -0.2) is 51.0 Å². The summed E-state index contributed by atoms with van der Waals surface area (Å²) in [5.74, 6) is 0. The minimum atomic E-state index is -2.88. The van der Waals surface area contributed by atoms with Gasteiger partial charge in [0.2, 0.25) is 6.49 Å². The first-order valence-corrected chi connectivity index (χ1v) is 9.20. The van der Waals surface area contributed by atoms with Gasteiger partial charge in [0.1, 0.15) is 14.0 Å². The maximum atomic E-state index is 14.1. The van der Waals surface area contributed by atoms with E-state index < -0.39 is 30.8 Å². The molecular formula is C10H22BFNO3PS. The first kappa shape index (κ1) is 16.5. The topological polar surface area (TPSA) is 47.6 Å². The molecule has 0 radical (unpaired) electrons. The Balaban J connectivity index is 2.72. The molecule has 0 saturated carbocycles. The second-order valence-electron chi connectivity index (χ2n) is 4.86. The molecule has 1 aliphatic rings. The van der Waals surface area contributed by atoms with Crippen molar-refractivity contribution in [3.8, 4) is 0 Å². The average molecular weight is 297 g/mol. The van der Waals surface area contributed by atoms with Gasteiger partial charge in [0.05, 0.1) is 24.8 Å². The fourth-order valence-corrected chi connectivity index (χ4v) is 3.26. The number of halogens is 1. The van der Waals surface area contributed by atoms with Crippen LogP contribution in [0.15, 0.2) is 0 Å². The number of ether oxygens (including phenoxy) is 2. The molecule has 1 rings (SSSR count). The van der Waals surface area contributed by atoms with E-state index >= 15 is 0 Å². The molecule has 0 bridgehead atoms. The predicted molar refractivity (Wildman–Crippen MR) is 77.2 cm³/mol. The molecule has 0 spiro atoms. The van der Waals surface area contributed by atoms with Gasteiger partial charge in [0.15, 0.2) is 0 Å². The van der Waals surface area contributed by atoms with Gasteiger partial charge < -0.3 is 9.47 Å². The summed E-state index contributed by atoms with van der Waals surface area (Å²) in [6.07, 6.45) is -1.62. The SMILES string of the molecule is B[C@@H]1O[C@H](COCC)C(NP(=O)(S)C(C)C)C1F. The van der Waals surface area contributed by atoms with Crippen molar-refractivity contribution >= 4 is 26.6 Å². The second kappa shape index (κ2) is 6.75. The van der Waals surface area contributed by atoms with E-state index in [0.29, 0.717) is 13.2 Å². The van der Waals surface area contributed by atoms with Gasteiger partial charge in [-0.3, -0.25) is 4.57 Å². The van der Waals surface area contributed by atoms with Crippen molar-refractivity contribution in [2.24, 2.45) is 0 Å². The van der Waals surface area contributed by atoms with Gasteiger partial charge in [-0.05, 0) is 6.92 Å². The number of thiol groups is 1. The molecule has 1 heterocycles. The van der Waals surface area contributed by atoms with Crippen molar-refractivity contribution in [2.45, 2.75) is 50.8 Å². The monoisotopic (exact) mass is 297 g/mol. The summed E-state index contributed by atoms with van der Waals surface area (Å²) in [5.41, 5.74) is -0.156. The van der Waals surface area contributed by atoms with Crippen LogP contribution in [-0.2, 0) is 14.0 Å². The van der Waals surface area contributed by atoms with Gasteiger partial charge in [-0.2, -0.15) is 0 Å². The third-order valence-electron chi connectivity index (χ3n) is 3.10. The van der Waals surface area contributed by atoms with Crippen LogP contribution in [0, 0.1) is 0 Å². The van der Waals surface area contributed by atoms with Crippen LogP contribution < -0.4 is 5.09 Å². The van der Waals surface area contributed by atoms with E-state index in [0.717, 1.165) is 0 Å². The Labute approximate surface area is 114 Å². The largest absolute Gasteiger partial charge is 0.379 e. The molecule has 1 fully saturated rings. The minimum absolute atomic E-state index is 0.156. The van der Waals surface area contributed by atoms with Crippen molar-refractivity contribution in [2.75, 3.05) is 13.2 Å². The minimum Gasteiger partial charge on any atom is -0.379 e. The standard InChI is InChI=1S/C10H22BFNO3PS/c1-4-15-5-7-9(8(12)10(11)16-7)13-17(14,18)6(2)3/h6-10H,4-5,11H2,1-3H3,(H2,13,14,18)/t7-,8?,9?,10-,17?/m1/s1. The summed E-state index contributed by atoms with van der Waals surface area (Å²) in [4.78, 5) is 0. The fourth-order valence-electron chi connectivity index (χ4n) is 1.83. The molecule has 0 aromatic carbocycles. The summed E-state index contributed by atoms with van der Waals surface area (Å²) in [6.45, 7) is 3.42. The average Bonchev–Trinajstić information content (AvgIpc) is 2.53. The highest BCUT2D eigenvalue weighted by atomic mass is 32.7. The van der Waals surface area contributed by atoms with Gasteiger partial charge >= 0.3 is 0 Å². The van der Waals surface area contributed by atoms with Crippen LogP contribution in [0.4, 0.5) is 4.39 Å². The second-order valence-corrected chi connectivity index (χ2v) is 9.17. The molecule has 0 amide bonds. The first-order valence-electron chi connectivity index (χ1n) is 6.27. The van der Waals surface area contributed by atoms with Crippen molar-refractivity contribution in [1.82, 2.24) is 5.09 Å². The van der Waals surface area contributed by atoms with Crippen molar-refractivity contribution in [3.05, 3.63) is 0 Å². The molecule has 4 nitrogen and oxygen atoms in total. The van der Waals surface area contributed by atoms with Gasteiger partial charge in [-0.15, -0.1) is 0 Å². The lowest BCUT2D eigenvalue weighted by Gasteiger charge is -2.26. The molecule has 18 heavy (non-hydrogen) atoms. The Bertz CT molecular complexity index is 323. The van der Waals surface area contributed by atoms with E-state index in [9.17, 15) is 8.96 Å². The molecule has 0 aliphatic carbocycles. The molecule has 5 atom stereocenters. The third kappa shape index (κ3) is 3.97. The zero-order valence-electron chi connectivity index (χ0n) is 11.3. The van der Waals surface area contributed by atoms with E-state index in [1.54, 1.807) is 21.7 Å². The van der Waals surface area contributed by atoms with Gasteiger partial charge in [0, 0.05) is 12.3 Å². The highest BCUT2D eigenvalue weighted by Gasteiger charge is 2.45. The molecule has 8 heteroatoms. The van der Waals surface area contributed by atoms with Crippen LogP contribution >= 0.6 is 18.7 Å². The molecular weight excluding hydrogens is 275 g/mol. The van der Waals surface area contributed by atoms with Crippen LogP contribution in [0.2, 0.25) is 0 Å². The Hall–Kier alpha value is 0.455. The number of rotatable bonds is 6. The van der Waals surface area contributed by atoms with E-state index in [1.165, 1.54) is 0 Å². The van der Waals surface area contributed by atoms with Gasteiger partial charge in [-0.25, -0.2) is 9.48 Å². The van der Waals surface area contributed by atoms with Crippen LogP contribution in [0.1, 0.15) is 20.8 Å². The maximum Gasteiger partial charge on any atom is 0.200 e. The summed E-state index contributed by atoms with van der Waals surface area (Å²) < 4.78 is 37.1. The van der Waals surface area contributed by atoms with Gasteiger partial charge in [-0.1, -0.05) is 26.1 Å². The Morgan fingerprint density at radius 2 is 2.22 bits per heavy atom. The zero-order valence-corrected chi connectivity index (χ0v) is 13.1. The van der Waals surface area contributed by atoms with Crippen LogP contribution in [0.3, 0.4) is 0 Å². The zero-order chi connectivity index (χ0) is 13.9. The van der Waals surface area contributed by atoms with Crippen LogP contribution in [0.25, 0.3) is 0 Å². The normalized spacial score (nSPS) is 35.9.